The van der Waals surface area contributed by atoms with Crippen LogP contribution in [0.5, 0.6) is 0 Å². The Hall–Kier alpha value is -2.21. The standard InChI is InChI=1S/C13H11N3O2S/c1-8(12-3-2-6-19-12)16-11-7-9(13(17)18)4-5-10(11)14-15-16/h2-8H,1H3,(H,17,18). The van der Waals surface area contributed by atoms with Gasteiger partial charge in [-0.15, -0.1) is 16.4 Å². The van der Waals surface area contributed by atoms with Gasteiger partial charge in [-0.3, -0.25) is 0 Å². The number of carboxylic acids is 1. The van der Waals surface area contributed by atoms with Crippen molar-refractivity contribution in [3.8, 4) is 0 Å². The Morgan fingerprint density at radius 3 is 2.95 bits per heavy atom. The number of nitrogens with zero attached hydrogens (tertiary/aromatic N) is 3. The third-order valence-electron chi connectivity index (χ3n) is 3.04. The van der Waals surface area contributed by atoms with Gasteiger partial charge in [-0.1, -0.05) is 11.3 Å². The fourth-order valence-corrected chi connectivity index (χ4v) is 2.77. The third kappa shape index (κ3) is 2.00. The minimum atomic E-state index is -0.946. The summed E-state index contributed by atoms with van der Waals surface area (Å²) in [5, 5.41) is 19.3. The topological polar surface area (TPSA) is 68.0 Å². The average molecular weight is 273 g/mol. The number of thiophene rings is 1. The number of hydrogen-bond acceptors (Lipinski definition) is 4. The molecule has 0 saturated heterocycles. The van der Waals surface area contributed by atoms with E-state index in [4.69, 9.17) is 5.11 Å². The summed E-state index contributed by atoms with van der Waals surface area (Å²) in [6, 6.07) is 8.89. The van der Waals surface area contributed by atoms with Gasteiger partial charge in [0.25, 0.3) is 0 Å². The molecule has 2 aromatic heterocycles. The van der Waals surface area contributed by atoms with Crippen LogP contribution < -0.4 is 0 Å². The molecule has 0 fully saturated rings. The monoisotopic (exact) mass is 273 g/mol. The molecule has 0 amide bonds. The molecule has 0 aliphatic rings. The lowest BCUT2D eigenvalue weighted by molar-refractivity contribution is 0.0697. The van der Waals surface area contributed by atoms with E-state index in [0.717, 1.165) is 10.4 Å². The predicted octanol–water partition coefficient (Wildman–Crippen LogP) is 2.80. The molecule has 0 saturated carbocycles. The highest BCUT2D eigenvalue weighted by molar-refractivity contribution is 7.10. The van der Waals surface area contributed by atoms with Gasteiger partial charge in [-0.25, -0.2) is 9.48 Å². The second kappa shape index (κ2) is 4.47. The summed E-state index contributed by atoms with van der Waals surface area (Å²) < 4.78 is 1.76. The molecular weight excluding hydrogens is 262 g/mol. The van der Waals surface area contributed by atoms with Gasteiger partial charge in [0.1, 0.15) is 5.52 Å². The molecule has 0 aliphatic heterocycles. The second-order valence-corrected chi connectivity index (χ2v) is 5.21. The number of rotatable bonds is 3. The van der Waals surface area contributed by atoms with Crippen molar-refractivity contribution in [3.63, 3.8) is 0 Å². The van der Waals surface area contributed by atoms with Crippen LogP contribution in [0.25, 0.3) is 11.0 Å². The van der Waals surface area contributed by atoms with E-state index in [1.807, 2.05) is 24.4 Å². The molecule has 1 atom stereocenters. The van der Waals surface area contributed by atoms with Crippen LogP contribution in [-0.2, 0) is 0 Å². The molecule has 6 heteroatoms. The normalized spacial score (nSPS) is 12.7. The van der Waals surface area contributed by atoms with Crippen LogP contribution in [-0.4, -0.2) is 26.1 Å². The molecule has 19 heavy (non-hydrogen) atoms. The Balaban J connectivity index is 2.13. The van der Waals surface area contributed by atoms with Crippen LogP contribution in [0.2, 0.25) is 0 Å². The fraction of sp³-hybridized carbons (Fsp3) is 0.154. The number of aromatic nitrogens is 3. The zero-order chi connectivity index (χ0) is 13.4. The maximum Gasteiger partial charge on any atom is 0.335 e. The third-order valence-corrected chi connectivity index (χ3v) is 4.08. The van der Waals surface area contributed by atoms with Gasteiger partial charge >= 0.3 is 5.97 Å². The average Bonchev–Trinajstić information content (AvgIpc) is 3.06. The first-order valence-electron chi connectivity index (χ1n) is 5.78. The SMILES string of the molecule is CC(c1cccs1)n1nnc2ccc(C(=O)O)cc21. The quantitative estimate of drug-likeness (QED) is 0.796. The van der Waals surface area contributed by atoms with Crippen molar-refractivity contribution in [3.05, 3.63) is 46.2 Å². The largest absolute Gasteiger partial charge is 0.478 e. The minimum Gasteiger partial charge on any atom is -0.478 e. The molecule has 1 unspecified atom stereocenters. The Morgan fingerprint density at radius 2 is 2.26 bits per heavy atom. The molecular formula is C13H11N3O2S. The number of hydrogen-bond donors (Lipinski definition) is 1. The molecule has 96 valence electrons. The Morgan fingerprint density at radius 1 is 1.42 bits per heavy atom. The zero-order valence-corrected chi connectivity index (χ0v) is 11.0. The summed E-state index contributed by atoms with van der Waals surface area (Å²) in [4.78, 5) is 12.2. The van der Waals surface area contributed by atoms with Crippen molar-refractivity contribution in [2.45, 2.75) is 13.0 Å². The zero-order valence-electron chi connectivity index (χ0n) is 10.1. The van der Waals surface area contributed by atoms with Gasteiger partial charge in [0.05, 0.1) is 17.1 Å². The lowest BCUT2D eigenvalue weighted by atomic mass is 10.2. The number of benzene rings is 1. The molecule has 1 N–H and O–H groups in total. The lowest BCUT2D eigenvalue weighted by Gasteiger charge is -2.10. The summed E-state index contributed by atoms with van der Waals surface area (Å²) in [5.74, 6) is -0.946. The van der Waals surface area contributed by atoms with E-state index in [9.17, 15) is 4.79 Å². The lowest BCUT2D eigenvalue weighted by Crippen LogP contribution is -2.07. The summed E-state index contributed by atoms with van der Waals surface area (Å²) in [6.07, 6.45) is 0. The van der Waals surface area contributed by atoms with Gasteiger partial charge in [0.15, 0.2) is 0 Å². The highest BCUT2D eigenvalue weighted by Crippen LogP contribution is 2.25. The van der Waals surface area contributed by atoms with E-state index in [0.29, 0.717) is 5.52 Å². The second-order valence-electron chi connectivity index (χ2n) is 4.23. The smallest absolute Gasteiger partial charge is 0.335 e. The first-order valence-corrected chi connectivity index (χ1v) is 6.66. The van der Waals surface area contributed by atoms with Crippen LogP contribution in [0.4, 0.5) is 0 Å². The highest BCUT2D eigenvalue weighted by Gasteiger charge is 2.15. The molecule has 3 aromatic rings. The maximum atomic E-state index is 11.0. The van der Waals surface area contributed by atoms with Crippen LogP contribution in [0.3, 0.4) is 0 Å². The van der Waals surface area contributed by atoms with Gasteiger partial charge in [-0.05, 0) is 36.6 Å². The van der Waals surface area contributed by atoms with Crippen molar-refractivity contribution in [1.29, 1.82) is 0 Å². The van der Waals surface area contributed by atoms with E-state index in [2.05, 4.69) is 10.3 Å². The van der Waals surface area contributed by atoms with E-state index in [-0.39, 0.29) is 11.6 Å². The van der Waals surface area contributed by atoms with E-state index in [1.165, 1.54) is 0 Å². The molecule has 3 rings (SSSR count). The summed E-state index contributed by atoms with van der Waals surface area (Å²) in [5.41, 5.74) is 1.68. The molecule has 0 radical (unpaired) electrons. The van der Waals surface area contributed by atoms with Crippen molar-refractivity contribution in [2.75, 3.05) is 0 Å². The number of aromatic carboxylic acids is 1. The molecule has 0 aliphatic carbocycles. The first-order chi connectivity index (χ1) is 9.16. The highest BCUT2D eigenvalue weighted by atomic mass is 32.1. The molecule has 1 aromatic carbocycles. The number of fused-ring (bicyclic) bond motifs is 1. The first kappa shape index (κ1) is 11.9. The molecule has 0 bridgehead atoms. The number of carboxylic acid groups (broad SMARTS) is 1. The van der Waals surface area contributed by atoms with Crippen LogP contribution >= 0.6 is 11.3 Å². The Kier molecular flexibility index (Phi) is 2.79. The van der Waals surface area contributed by atoms with Gasteiger partial charge < -0.3 is 5.11 Å². The van der Waals surface area contributed by atoms with Gasteiger partial charge in [0.2, 0.25) is 0 Å². The van der Waals surface area contributed by atoms with Crippen molar-refractivity contribution < 1.29 is 9.90 Å². The maximum absolute atomic E-state index is 11.0. The Bertz CT molecular complexity index is 734. The van der Waals surface area contributed by atoms with Crippen LogP contribution in [0.15, 0.2) is 35.7 Å². The predicted molar refractivity (Wildman–Crippen MR) is 72.6 cm³/mol. The van der Waals surface area contributed by atoms with E-state index in [1.54, 1.807) is 34.2 Å². The van der Waals surface area contributed by atoms with Crippen LogP contribution in [0, 0.1) is 0 Å². The minimum absolute atomic E-state index is 0.0362. The molecule has 0 spiro atoms. The molecule has 2 heterocycles. The summed E-state index contributed by atoms with van der Waals surface area (Å²) in [6.45, 7) is 2.02. The fourth-order valence-electron chi connectivity index (χ4n) is 2.00. The summed E-state index contributed by atoms with van der Waals surface area (Å²) in [7, 11) is 0. The van der Waals surface area contributed by atoms with Gasteiger partial charge in [-0.2, -0.15) is 0 Å². The van der Waals surface area contributed by atoms with Crippen molar-refractivity contribution in [2.24, 2.45) is 0 Å². The van der Waals surface area contributed by atoms with E-state index < -0.39 is 5.97 Å². The Labute approximate surface area is 113 Å². The van der Waals surface area contributed by atoms with Crippen molar-refractivity contribution >= 4 is 28.3 Å². The van der Waals surface area contributed by atoms with Gasteiger partial charge in [0, 0.05) is 4.88 Å². The number of carbonyl (C=O) groups is 1. The van der Waals surface area contributed by atoms with Crippen LogP contribution in [0.1, 0.15) is 28.2 Å². The van der Waals surface area contributed by atoms with Crippen molar-refractivity contribution in [1.82, 2.24) is 15.0 Å². The molecule has 5 nitrogen and oxygen atoms in total. The van der Waals surface area contributed by atoms with E-state index >= 15 is 0 Å². The summed E-state index contributed by atoms with van der Waals surface area (Å²) >= 11 is 1.64.